The van der Waals surface area contributed by atoms with Gasteiger partial charge in [-0.05, 0) is 25.5 Å². The molecule has 110 valence electrons. The number of carbonyl (C=O) groups excluding carboxylic acids is 1. The molecule has 0 radical (unpaired) electrons. The maximum atomic E-state index is 12.0. The second-order valence-electron chi connectivity index (χ2n) is 4.71. The largest absolute Gasteiger partial charge is 0.334 e. The number of rotatable bonds is 6. The monoisotopic (exact) mass is 299 g/mol. The van der Waals surface area contributed by atoms with Gasteiger partial charge in [0.25, 0.3) is 5.69 Å². The molecule has 6 nitrogen and oxygen atoms in total. The van der Waals surface area contributed by atoms with Gasteiger partial charge in [-0.3, -0.25) is 14.9 Å². The van der Waals surface area contributed by atoms with E-state index in [0.29, 0.717) is 19.1 Å². The summed E-state index contributed by atoms with van der Waals surface area (Å²) >= 11 is 0. The van der Waals surface area contributed by atoms with E-state index in [-0.39, 0.29) is 24.0 Å². The first kappa shape index (κ1) is 16.4. The number of non-ortho nitro benzene ring substituents is 1. The van der Waals surface area contributed by atoms with Gasteiger partial charge >= 0.3 is 0 Å². The molecule has 1 amide bonds. The number of nitro benzene ring substituents is 1. The Kier molecular flexibility index (Phi) is 5.91. The summed E-state index contributed by atoms with van der Waals surface area (Å²) < 4.78 is 0. The molecule has 0 spiro atoms. The van der Waals surface area contributed by atoms with Crippen LogP contribution in [0.4, 0.5) is 5.69 Å². The van der Waals surface area contributed by atoms with E-state index in [1.54, 1.807) is 19.2 Å². The first-order valence-electron chi connectivity index (χ1n) is 6.29. The highest BCUT2D eigenvalue weighted by atomic mass is 35.5. The summed E-state index contributed by atoms with van der Waals surface area (Å²) in [7, 11) is 1.74. The van der Waals surface area contributed by atoms with Crippen molar-refractivity contribution in [1.82, 2.24) is 10.2 Å². The lowest BCUT2D eigenvalue weighted by Gasteiger charge is -2.22. The zero-order valence-corrected chi connectivity index (χ0v) is 12.1. The number of hydrogen-bond donors (Lipinski definition) is 1. The minimum atomic E-state index is -0.422. The molecule has 1 fully saturated rings. The van der Waals surface area contributed by atoms with E-state index in [9.17, 15) is 14.9 Å². The van der Waals surface area contributed by atoms with Crippen LogP contribution in [0.25, 0.3) is 0 Å². The molecule has 0 bridgehead atoms. The molecule has 1 aromatic rings. The Bertz CT molecular complexity index is 474. The standard InChI is InChI=1S/C13H17N3O3.ClH/c1-14-8-13(17)15(11-6-7-11)9-10-2-4-12(5-3-10)16(18)19;/h2-5,11,14H,6-9H2,1H3;1H. The highest BCUT2D eigenvalue weighted by Gasteiger charge is 2.32. The molecule has 0 aliphatic heterocycles. The molecule has 1 saturated carbocycles. The van der Waals surface area contributed by atoms with Crippen molar-refractivity contribution in [2.75, 3.05) is 13.6 Å². The average Bonchev–Trinajstić information content (AvgIpc) is 3.21. The van der Waals surface area contributed by atoms with Crippen LogP contribution in [0.3, 0.4) is 0 Å². The number of hydrogen-bond acceptors (Lipinski definition) is 4. The number of likely N-dealkylation sites (N-methyl/N-ethyl adjacent to an activating group) is 1. The van der Waals surface area contributed by atoms with Crippen molar-refractivity contribution in [3.63, 3.8) is 0 Å². The van der Waals surface area contributed by atoms with Crippen LogP contribution in [0.2, 0.25) is 0 Å². The summed E-state index contributed by atoms with van der Waals surface area (Å²) in [5.74, 6) is 0.0725. The highest BCUT2D eigenvalue weighted by Crippen LogP contribution is 2.28. The number of nitrogens with one attached hydrogen (secondary N) is 1. The summed E-state index contributed by atoms with van der Waals surface area (Å²) in [6.45, 7) is 0.840. The summed E-state index contributed by atoms with van der Waals surface area (Å²) in [5.41, 5.74) is 0.991. The number of nitrogens with zero attached hydrogens (tertiary/aromatic N) is 2. The SMILES string of the molecule is CNCC(=O)N(Cc1ccc([N+](=O)[O-])cc1)C1CC1.Cl. The van der Waals surface area contributed by atoms with E-state index < -0.39 is 4.92 Å². The van der Waals surface area contributed by atoms with Crippen molar-refractivity contribution in [3.8, 4) is 0 Å². The topological polar surface area (TPSA) is 75.5 Å². The molecule has 0 aromatic heterocycles. The van der Waals surface area contributed by atoms with Gasteiger partial charge in [-0.1, -0.05) is 12.1 Å². The van der Waals surface area contributed by atoms with Crippen molar-refractivity contribution in [2.45, 2.75) is 25.4 Å². The van der Waals surface area contributed by atoms with Gasteiger partial charge in [0, 0.05) is 24.7 Å². The zero-order valence-electron chi connectivity index (χ0n) is 11.2. The molecule has 1 aliphatic rings. The van der Waals surface area contributed by atoms with Gasteiger partial charge in [0.15, 0.2) is 0 Å². The number of halogens is 1. The van der Waals surface area contributed by atoms with Crippen LogP contribution < -0.4 is 5.32 Å². The zero-order chi connectivity index (χ0) is 13.8. The number of nitro groups is 1. The third-order valence-corrected chi connectivity index (χ3v) is 3.14. The van der Waals surface area contributed by atoms with Crippen molar-refractivity contribution in [2.24, 2.45) is 0 Å². The van der Waals surface area contributed by atoms with Crippen LogP contribution >= 0.6 is 12.4 Å². The Hall–Kier alpha value is -1.66. The number of benzene rings is 1. The minimum Gasteiger partial charge on any atom is -0.334 e. The van der Waals surface area contributed by atoms with Gasteiger partial charge in [0.1, 0.15) is 0 Å². The summed E-state index contributed by atoms with van der Waals surface area (Å²) in [6.07, 6.45) is 2.09. The Labute approximate surface area is 123 Å². The predicted molar refractivity (Wildman–Crippen MR) is 77.8 cm³/mol. The fourth-order valence-corrected chi connectivity index (χ4v) is 1.98. The first-order valence-corrected chi connectivity index (χ1v) is 6.29. The normalized spacial score (nSPS) is 13.4. The summed E-state index contributed by atoms with van der Waals surface area (Å²) in [4.78, 5) is 24.0. The van der Waals surface area contributed by atoms with Crippen LogP contribution in [0.1, 0.15) is 18.4 Å². The molecule has 0 unspecified atom stereocenters. The lowest BCUT2D eigenvalue weighted by Crippen LogP contribution is -2.38. The van der Waals surface area contributed by atoms with E-state index >= 15 is 0 Å². The van der Waals surface area contributed by atoms with Crippen LogP contribution in [0.15, 0.2) is 24.3 Å². The van der Waals surface area contributed by atoms with E-state index in [1.807, 2.05) is 4.90 Å². The first-order chi connectivity index (χ1) is 9.11. The maximum absolute atomic E-state index is 12.0. The highest BCUT2D eigenvalue weighted by molar-refractivity contribution is 5.85. The molecular formula is C13H18ClN3O3. The predicted octanol–water partition coefficient (Wildman–Crippen LogP) is 1.73. The van der Waals surface area contributed by atoms with E-state index in [0.717, 1.165) is 18.4 Å². The maximum Gasteiger partial charge on any atom is 0.269 e. The molecule has 2 rings (SSSR count). The van der Waals surface area contributed by atoms with Crippen molar-refractivity contribution in [1.29, 1.82) is 0 Å². The molecule has 20 heavy (non-hydrogen) atoms. The van der Waals surface area contributed by atoms with Crippen molar-refractivity contribution >= 4 is 24.0 Å². The van der Waals surface area contributed by atoms with Crippen LogP contribution in [-0.4, -0.2) is 35.4 Å². The average molecular weight is 300 g/mol. The van der Waals surface area contributed by atoms with Crippen LogP contribution in [-0.2, 0) is 11.3 Å². The van der Waals surface area contributed by atoms with Gasteiger partial charge in [0.05, 0.1) is 11.5 Å². The summed E-state index contributed by atoms with van der Waals surface area (Å²) in [5, 5.41) is 13.4. The second kappa shape index (κ2) is 7.21. The molecule has 1 N–H and O–H groups in total. The van der Waals surface area contributed by atoms with Gasteiger partial charge in [-0.2, -0.15) is 0 Å². The Balaban J connectivity index is 0.00000200. The smallest absolute Gasteiger partial charge is 0.269 e. The van der Waals surface area contributed by atoms with E-state index in [4.69, 9.17) is 0 Å². The number of carbonyl (C=O) groups is 1. The van der Waals surface area contributed by atoms with E-state index in [2.05, 4.69) is 5.32 Å². The Morgan fingerprint density at radius 2 is 2.00 bits per heavy atom. The van der Waals surface area contributed by atoms with Crippen LogP contribution in [0.5, 0.6) is 0 Å². The third kappa shape index (κ3) is 4.18. The molecular weight excluding hydrogens is 282 g/mol. The third-order valence-electron chi connectivity index (χ3n) is 3.14. The molecule has 0 saturated heterocycles. The summed E-state index contributed by atoms with van der Waals surface area (Å²) in [6, 6.07) is 6.70. The Morgan fingerprint density at radius 3 is 2.45 bits per heavy atom. The lowest BCUT2D eigenvalue weighted by molar-refractivity contribution is -0.384. The van der Waals surface area contributed by atoms with Gasteiger partial charge in [-0.25, -0.2) is 0 Å². The lowest BCUT2D eigenvalue weighted by atomic mass is 10.2. The molecule has 1 aromatic carbocycles. The fraction of sp³-hybridized carbons (Fsp3) is 0.462. The van der Waals surface area contributed by atoms with Crippen LogP contribution in [0, 0.1) is 10.1 Å². The Morgan fingerprint density at radius 1 is 1.40 bits per heavy atom. The van der Waals surface area contributed by atoms with Gasteiger partial charge in [-0.15, -0.1) is 12.4 Å². The number of amides is 1. The van der Waals surface area contributed by atoms with Crippen molar-refractivity contribution < 1.29 is 9.72 Å². The van der Waals surface area contributed by atoms with Crippen molar-refractivity contribution in [3.05, 3.63) is 39.9 Å². The van der Waals surface area contributed by atoms with E-state index in [1.165, 1.54) is 12.1 Å². The second-order valence-corrected chi connectivity index (χ2v) is 4.71. The minimum absolute atomic E-state index is 0. The molecule has 0 heterocycles. The van der Waals surface area contributed by atoms with Gasteiger partial charge in [0.2, 0.25) is 5.91 Å². The molecule has 1 aliphatic carbocycles. The fourth-order valence-electron chi connectivity index (χ4n) is 1.98. The molecule has 7 heteroatoms. The quantitative estimate of drug-likeness (QED) is 0.641. The molecule has 0 atom stereocenters. The van der Waals surface area contributed by atoms with Gasteiger partial charge < -0.3 is 10.2 Å².